The molecule has 0 fully saturated rings. The maximum Gasteiger partial charge on any atom is 0.461 e. The zero-order valence-corrected chi connectivity index (χ0v) is 9.31. The molecule has 0 unspecified atom stereocenters. The van der Waals surface area contributed by atoms with E-state index < -0.39 is 30.3 Å². The number of benzene rings is 1. The summed E-state index contributed by atoms with van der Waals surface area (Å²) in [6, 6.07) is 2.50. The van der Waals surface area contributed by atoms with Crippen molar-refractivity contribution < 1.29 is 35.5 Å². The summed E-state index contributed by atoms with van der Waals surface area (Å²) in [5.74, 6) is -2.05. The fourth-order valence-corrected chi connectivity index (χ4v) is 1.39. The van der Waals surface area contributed by atoms with Crippen LogP contribution in [-0.2, 0) is 6.18 Å². The highest BCUT2D eigenvalue weighted by molar-refractivity contribution is 5.76. The summed E-state index contributed by atoms with van der Waals surface area (Å²) in [4.78, 5) is 5.05. The molecule has 1 heterocycles. The molecule has 3 nitrogen and oxygen atoms in total. The highest BCUT2D eigenvalue weighted by Crippen LogP contribution is 2.32. The molecule has 0 radical (unpaired) electrons. The first-order valence-corrected chi connectivity index (χ1v) is 5.01. The Labute approximate surface area is 106 Å². The Morgan fingerprint density at radius 2 is 1.75 bits per heavy atom. The van der Waals surface area contributed by atoms with Crippen LogP contribution < -0.4 is 4.74 Å². The lowest BCUT2D eigenvalue weighted by atomic mass is 10.3. The van der Waals surface area contributed by atoms with E-state index in [1.54, 1.807) is 0 Å². The van der Waals surface area contributed by atoms with Gasteiger partial charge in [0.1, 0.15) is 5.75 Å². The van der Waals surface area contributed by atoms with Gasteiger partial charge in [0, 0.05) is 6.07 Å². The van der Waals surface area contributed by atoms with Gasteiger partial charge in [-0.2, -0.15) is 30.7 Å². The van der Waals surface area contributed by atoms with E-state index >= 15 is 0 Å². The summed E-state index contributed by atoms with van der Waals surface area (Å²) in [5.41, 5.74) is -0.426. The number of H-pyrrole nitrogens is 1. The number of aromatic amines is 1. The van der Waals surface area contributed by atoms with Crippen LogP contribution in [0.15, 0.2) is 18.2 Å². The van der Waals surface area contributed by atoms with Crippen molar-refractivity contribution in [2.24, 2.45) is 0 Å². The van der Waals surface area contributed by atoms with Gasteiger partial charge >= 0.3 is 18.7 Å². The number of rotatable bonds is 3. The number of hydrogen-bond acceptors (Lipinski definition) is 2. The third-order valence-corrected chi connectivity index (χ3v) is 2.23. The van der Waals surface area contributed by atoms with E-state index in [-0.39, 0.29) is 11.0 Å². The number of hydrogen-bond donors (Lipinski definition) is 1. The van der Waals surface area contributed by atoms with Gasteiger partial charge in [0.2, 0.25) is 5.82 Å². The Hall–Kier alpha value is -2.00. The van der Waals surface area contributed by atoms with Crippen molar-refractivity contribution in [2.75, 3.05) is 0 Å². The molecule has 0 aliphatic heterocycles. The second-order valence-electron chi connectivity index (χ2n) is 3.73. The molecule has 0 atom stereocenters. The van der Waals surface area contributed by atoms with Crippen molar-refractivity contribution in [3.63, 3.8) is 0 Å². The van der Waals surface area contributed by atoms with Crippen LogP contribution in [0.25, 0.3) is 11.0 Å². The summed E-state index contributed by atoms with van der Waals surface area (Å²) in [6.45, 7) is 0. The highest BCUT2D eigenvalue weighted by atomic mass is 19.4. The van der Waals surface area contributed by atoms with Crippen LogP contribution in [0.4, 0.5) is 30.7 Å². The van der Waals surface area contributed by atoms with Crippen molar-refractivity contribution >= 4 is 11.0 Å². The molecule has 10 heteroatoms. The summed E-state index contributed by atoms with van der Waals surface area (Å²) in [7, 11) is 0. The molecule has 1 N–H and O–H groups in total. The molecular weight excluding hydrogens is 297 g/mol. The monoisotopic (exact) mass is 302 g/mol. The van der Waals surface area contributed by atoms with E-state index in [2.05, 4.69) is 9.72 Å². The maximum absolute atomic E-state index is 12.6. The number of aromatic nitrogens is 2. The van der Waals surface area contributed by atoms with E-state index in [9.17, 15) is 30.7 Å². The van der Waals surface area contributed by atoms with E-state index in [0.29, 0.717) is 6.07 Å². The first-order chi connectivity index (χ1) is 9.09. The lowest BCUT2D eigenvalue weighted by Gasteiger charge is -2.16. The van der Waals surface area contributed by atoms with Crippen molar-refractivity contribution in [1.29, 1.82) is 0 Å². The van der Waals surface area contributed by atoms with Crippen LogP contribution in [0.3, 0.4) is 0 Å². The molecular formula is C10H5F7N2O. The van der Waals surface area contributed by atoms with Crippen LogP contribution in [0.1, 0.15) is 5.82 Å². The van der Waals surface area contributed by atoms with Crippen molar-refractivity contribution in [1.82, 2.24) is 9.97 Å². The molecule has 0 saturated heterocycles. The second-order valence-corrected chi connectivity index (χ2v) is 3.73. The molecule has 110 valence electrons. The van der Waals surface area contributed by atoms with Gasteiger partial charge in [-0.15, -0.1) is 0 Å². The number of fused-ring (bicyclic) bond motifs is 1. The summed E-state index contributed by atoms with van der Waals surface area (Å²) < 4.78 is 90.0. The lowest BCUT2D eigenvalue weighted by molar-refractivity contribution is -0.253. The van der Waals surface area contributed by atoms with Gasteiger partial charge < -0.3 is 9.72 Å². The van der Waals surface area contributed by atoms with Gasteiger partial charge in [-0.3, -0.25) is 0 Å². The molecule has 1 aromatic carbocycles. The van der Waals surface area contributed by atoms with Gasteiger partial charge in [-0.1, -0.05) is 0 Å². The third-order valence-electron chi connectivity index (χ3n) is 2.23. The van der Waals surface area contributed by atoms with E-state index in [1.807, 2.05) is 4.98 Å². The molecule has 0 amide bonds. The zero-order valence-electron chi connectivity index (χ0n) is 9.31. The molecule has 0 spiro atoms. The minimum absolute atomic E-state index is 0.0926. The van der Waals surface area contributed by atoms with E-state index in [1.165, 1.54) is 0 Å². The Balaban J connectivity index is 2.35. The van der Waals surface area contributed by atoms with Gasteiger partial charge in [-0.05, 0) is 12.1 Å². The molecule has 0 saturated carbocycles. The number of imidazole rings is 1. The Bertz CT molecular complexity index is 620. The van der Waals surface area contributed by atoms with Gasteiger partial charge in [0.25, 0.3) is 0 Å². The minimum Gasteiger partial charge on any atom is -0.428 e. The van der Waals surface area contributed by atoms with Crippen LogP contribution in [0.5, 0.6) is 5.75 Å². The molecule has 0 aliphatic carbocycles. The second kappa shape index (κ2) is 4.53. The normalized spacial score (nSPS) is 13.2. The Kier molecular flexibility index (Phi) is 3.26. The average molecular weight is 302 g/mol. The van der Waals surface area contributed by atoms with Gasteiger partial charge in [0.05, 0.1) is 11.0 Å². The molecule has 0 aliphatic rings. The SMILES string of the molecule is FC(F)C(F)(F)Oc1ccc2[nH]c(C(F)(F)F)nc2c1. The zero-order chi connectivity index (χ0) is 15.1. The first kappa shape index (κ1) is 14.4. The summed E-state index contributed by atoms with van der Waals surface area (Å²) in [6.07, 6.45) is -13.5. The van der Waals surface area contributed by atoms with Crippen molar-refractivity contribution in [3.05, 3.63) is 24.0 Å². The van der Waals surface area contributed by atoms with Crippen LogP contribution in [0, 0.1) is 0 Å². The van der Waals surface area contributed by atoms with Crippen LogP contribution in [-0.4, -0.2) is 22.5 Å². The largest absolute Gasteiger partial charge is 0.461 e. The first-order valence-electron chi connectivity index (χ1n) is 5.01. The third kappa shape index (κ3) is 2.78. The quantitative estimate of drug-likeness (QED) is 0.875. The van der Waals surface area contributed by atoms with Gasteiger partial charge in [-0.25, -0.2) is 4.98 Å². The average Bonchev–Trinajstić information content (AvgIpc) is 2.70. The van der Waals surface area contributed by atoms with Crippen molar-refractivity contribution in [3.8, 4) is 5.75 Å². The number of halogens is 7. The minimum atomic E-state index is -4.74. The summed E-state index contributed by atoms with van der Waals surface area (Å²) in [5, 5.41) is 0. The number of nitrogens with zero attached hydrogens (tertiary/aromatic N) is 1. The molecule has 2 aromatic rings. The molecule has 20 heavy (non-hydrogen) atoms. The molecule has 0 bridgehead atoms. The summed E-state index contributed by atoms with van der Waals surface area (Å²) >= 11 is 0. The standard InChI is InChI=1S/C10H5F7N2O/c11-7(12)10(16,17)20-4-1-2-5-6(3-4)19-8(18-5)9(13,14)15/h1-3,7H,(H,18,19). The van der Waals surface area contributed by atoms with E-state index in [0.717, 1.165) is 12.1 Å². The smallest absolute Gasteiger partial charge is 0.428 e. The number of alkyl halides is 7. The predicted octanol–water partition coefficient (Wildman–Crippen LogP) is 3.82. The fourth-order valence-electron chi connectivity index (χ4n) is 1.39. The lowest BCUT2D eigenvalue weighted by Crippen LogP contribution is -2.33. The van der Waals surface area contributed by atoms with Gasteiger partial charge in [0.15, 0.2) is 0 Å². The maximum atomic E-state index is 12.6. The van der Waals surface area contributed by atoms with E-state index in [4.69, 9.17) is 0 Å². The fraction of sp³-hybridized carbons (Fsp3) is 0.300. The van der Waals surface area contributed by atoms with Crippen LogP contribution >= 0.6 is 0 Å². The Morgan fingerprint density at radius 3 is 2.30 bits per heavy atom. The molecule has 2 rings (SSSR count). The van der Waals surface area contributed by atoms with Crippen LogP contribution in [0.2, 0.25) is 0 Å². The predicted molar refractivity (Wildman–Crippen MR) is 52.7 cm³/mol. The number of ether oxygens (including phenoxy) is 1. The topological polar surface area (TPSA) is 37.9 Å². The number of nitrogens with one attached hydrogen (secondary N) is 1. The molecule has 1 aromatic heterocycles. The van der Waals surface area contributed by atoms with Crippen molar-refractivity contribution in [2.45, 2.75) is 18.7 Å². The Morgan fingerprint density at radius 1 is 1.10 bits per heavy atom. The highest BCUT2D eigenvalue weighted by Gasteiger charge is 2.44.